The third-order valence-electron chi connectivity index (χ3n) is 5.23. The van der Waals surface area contributed by atoms with E-state index in [9.17, 15) is 4.79 Å². The van der Waals surface area contributed by atoms with Crippen molar-refractivity contribution in [2.45, 2.75) is 18.4 Å². The second kappa shape index (κ2) is 11.8. The summed E-state index contributed by atoms with van der Waals surface area (Å²) in [4.78, 5) is 17.9. The summed E-state index contributed by atoms with van der Waals surface area (Å²) in [7, 11) is 3.30. The highest BCUT2D eigenvalue weighted by Crippen LogP contribution is 2.35. The van der Waals surface area contributed by atoms with Gasteiger partial charge in [0.05, 0.1) is 30.5 Å². The topological polar surface area (TPSA) is 86.2 Å². The molecule has 180 valence electrons. The van der Waals surface area contributed by atoms with Crippen LogP contribution in [-0.2, 0) is 11.2 Å². The molecule has 4 rings (SSSR count). The molecular formula is C26H26N4O3S2. The minimum atomic E-state index is -0.0318. The van der Waals surface area contributed by atoms with Crippen LogP contribution >= 0.6 is 23.1 Å². The molecule has 35 heavy (non-hydrogen) atoms. The molecule has 0 atom stereocenters. The first-order valence-corrected chi connectivity index (χ1v) is 12.8. The lowest BCUT2D eigenvalue weighted by molar-refractivity contribution is -0.118. The fourth-order valence-corrected chi connectivity index (χ4v) is 5.03. The second-order valence-corrected chi connectivity index (χ2v) is 9.65. The molecule has 0 unspecified atom stereocenters. The van der Waals surface area contributed by atoms with E-state index >= 15 is 0 Å². The van der Waals surface area contributed by atoms with Crippen molar-refractivity contribution in [2.24, 2.45) is 0 Å². The van der Waals surface area contributed by atoms with E-state index in [0.717, 1.165) is 50.3 Å². The van der Waals surface area contributed by atoms with Crippen molar-refractivity contribution >= 4 is 29.0 Å². The van der Waals surface area contributed by atoms with Crippen molar-refractivity contribution in [3.8, 4) is 32.6 Å². The molecule has 2 heterocycles. The normalized spacial score (nSPS) is 10.7. The molecule has 2 aromatic carbocycles. The van der Waals surface area contributed by atoms with Gasteiger partial charge in [0.1, 0.15) is 27.2 Å². The van der Waals surface area contributed by atoms with E-state index in [1.165, 1.54) is 11.8 Å². The van der Waals surface area contributed by atoms with Gasteiger partial charge >= 0.3 is 0 Å². The van der Waals surface area contributed by atoms with Gasteiger partial charge in [-0.05, 0) is 55.3 Å². The standard InChI is InChI=1S/C26H26N4O3S2/c1-17-25(35-26(28-17)19-5-4-6-21(15-19)33-3)22-11-12-24(30-29-22)34-16-23(31)27-14-13-18-7-9-20(32-2)10-8-18/h4-12,15H,13-14,16H2,1-3H3,(H,27,31). The smallest absolute Gasteiger partial charge is 0.230 e. The molecule has 0 spiro atoms. The van der Waals surface area contributed by atoms with E-state index in [1.807, 2.05) is 67.6 Å². The Morgan fingerprint density at radius 1 is 1.00 bits per heavy atom. The minimum Gasteiger partial charge on any atom is -0.497 e. The summed E-state index contributed by atoms with van der Waals surface area (Å²) in [5.41, 5.74) is 3.82. The monoisotopic (exact) mass is 506 g/mol. The van der Waals surface area contributed by atoms with Crippen molar-refractivity contribution in [2.75, 3.05) is 26.5 Å². The van der Waals surface area contributed by atoms with E-state index in [-0.39, 0.29) is 11.7 Å². The number of aromatic nitrogens is 3. The lowest BCUT2D eigenvalue weighted by Gasteiger charge is -2.06. The Kier molecular flexibility index (Phi) is 8.33. The van der Waals surface area contributed by atoms with Crippen LogP contribution in [0.4, 0.5) is 0 Å². The number of ether oxygens (including phenoxy) is 2. The number of nitrogens with one attached hydrogen (secondary N) is 1. The van der Waals surface area contributed by atoms with E-state index in [1.54, 1.807) is 25.6 Å². The molecule has 0 aliphatic carbocycles. The van der Waals surface area contributed by atoms with Crippen molar-refractivity contribution in [3.05, 3.63) is 71.9 Å². The van der Waals surface area contributed by atoms with Gasteiger partial charge in [0.2, 0.25) is 5.91 Å². The van der Waals surface area contributed by atoms with Crippen molar-refractivity contribution in [3.63, 3.8) is 0 Å². The van der Waals surface area contributed by atoms with E-state index in [0.29, 0.717) is 11.6 Å². The molecule has 0 aliphatic heterocycles. The Morgan fingerprint density at radius 3 is 2.51 bits per heavy atom. The minimum absolute atomic E-state index is 0.0318. The highest BCUT2D eigenvalue weighted by molar-refractivity contribution is 7.99. The molecule has 0 saturated carbocycles. The third-order valence-corrected chi connectivity index (χ3v) is 7.38. The number of nitrogens with zero attached hydrogens (tertiary/aromatic N) is 3. The van der Waals surface area contributed by atoms with Crippen LogP contribution in [0.3, 0.4) is 0 Å². The molecule has 0 aliphatic rings. The van der Waals surface area contributed by atoms with Gasteiger partial charge in [-0.25, -0.2) is 4.98 Å². The number of rotatable bonds is 10. The largest absolute Gasteiger partial charge is 0.497 e. The predicted molar refractivity (Wildman–Crippen MR) is 140 cm³/mol. The lowest BCUT2D eigenvalue weighted by atomic mass is 10.1. The average Bonchev–Trinajstić information content (AvgIpc) is 3.29. The van der Waals surface area contributed by atoms with Gasteiger partial charge in [-0.1, -0.05) is 36.0 Å². The number of aryl methyl sites for hydroxylation is 1. The maximum atomic E-state index is 12.2. The molecule has 1 N–H and O–H groups in total. The van der Waals surface area contributed by atoms with Gasteiger partial charge < -0.3 is 14.8 Å². The molecule has 0 fully saturated rings. The van der Waals surface area contributed by atoms with Gasteiger partial charge in [0.25, 0.3) is 0 Å². The van der Waals surface area contributed by atoms with E-state index < -0.39 is 0 Å². The van der Waals surface area contributed by atoms with Gasteiger partial charge in [-0.15, -0.1) is 21.5 Å². The zero-order valence-corrected chi connectivity index (χ0v) is 21.4. The molecular weight excluding hydrogens is 480 g/mol. The summed E-state index contributed by atoms with van der Waals surface area (Å²) in [5.74, 6) is 1.87. The van der Waals surface area contributed by atoms with Crippen LogP contribution in [0.2, 0.25) is 0 Å². The highest BCUT2D eigenvalue weighted by atomic mass is 32.2. The quantitative estimate of drug-likeness (QED) is 0.302. The summed E-state index contributed by atoms with van der Waals surface area (Å²) >= 11 is 2.94. The van der Waals surface area contributed by atoms with Gasteiger partial charge in [-0.3, -0.25) is 4.79 Å². The number of amides is 1. The van der Waals surface area contributed by atoms with Crippen LogP contribution in [0.5, 0.6) is 11.5 Å². The Balaban J connectivity index is 1.29. The average molecular weight is 507 g/mol. The summed E-state index contributed by atoms with van der Waals surface area (Å²) in [6.45, 7) is 2.55. The summed E-state index contributed by atoms with van der Waals surface area (Å²) in [6, 6.07) is 19.5. The Labute approximate surface area is 212 Å². The zero-order valence-electron chi connectivity index (χ0n) is 19.8. The molecule has 2 aromatic heterocycles. The highest BCUT2D eigenvalue weighted by Gasteiger charge is 2.14. The fourth-order valence-electron chi connectivity index (χ4n) is 3.36. The number of methoxy groups -OCH3 is 2. The van der Waals surface area contributed by atoms with E-state index in [4.69, 9.17) is 14.5 Å². The van der Waals surface area contributed by atoms with Gasteiger partial charge in [-0.2, -0.15) is 0 Å². The zero-order chi connectivity index (χ0) is 24.6. The van der Waals surface area contributed by atoms with Crippen LogP contribution in [0.15, 0.2) is 65.7 Å². The molecule has 0 bridgehead atoms. The van der Waals surface area contributed by atoms with Crippen LogP contribution in [0.1, 0.15) is 11.3 Å². The van der Waals surface area contributed by atoms with Gasteiger partial charge in [0, 0.05) is 12.1 Å². The van der Waals surface area contributed by atoms with Crippen LogP contribution in [0, 0.1) is 6.92 Å². The number of benzene rings is 2. The molecule has 1 amide bonds. The van der Waals surface area contributed by atoms with Crippen molar-refractivity contribution in [1.82, 2.24) is 20.5 Å². The van der Waals surface area contributed by atoms with Gasteiger partial charge in [0.15, 0.2) is 0 Å². The summed E-state index contributed by atoms with van der Waals surface area (Å²) in [6.07, 6.45) is 0.765. The molecule has 7 nitrogen and oxygen atoms in total. The Bertz CT molecular complexity index is 1270. The van der Waals surface area contributed by atoms with E-state index in [2.05, 4.69) is 15.5 Å². The first-order chi connectivity index (χ1) is 17.1. The number of thioether (sulfide) groups is 1. The maximum Gasteiger partial charge on any atom is 0.230 e. The predicted octanol–water partition coefficient (Wildman–Crippen LogP) is 5.04. The maximum absolute atomic E-state index is 12.2. The molecule has 0 saturated heterocycles. The number of carbonyl (C=O) groups is 1. The number of carbonyl (C=O) groups excluding carboxylic acids is 1. The second-order valence-electron chi connectivity index (χ2n) is 7.66. The van der Waals surface area contributed by atoms with Crippen molar-refractivity contribution < 1.29 is 14.3 Å². The SMILES string of the molecule is COc1ccc(CCNC(=O)CSc2ccc(-c3sc(-c4cccc(OC)c4)nc3C)nn2)cc1. The number of hydrogen-bond acceptors (Lipinski definition) is 8. The summed E-state index contributed by atoms with van der Waals surface area (Å²) in [5, 5.41) is 13.2. The first kappa shape index (κ1) is 24.7. The van der Waals surface area contributed by atoms with Crippen LogP contribution < -0.4 is 14.8 Å². The third kappa shape index (κ3) is 6.58. The Morgan fingerprint density at radius 2 is 1.80 bits per heavy atom. The number of hydrogen-bond donors (Lipinski definition) is 1. The van der Waals surface area contributed by atoms with Crippen molar-refractivity contribution in [1.29, 1.82) is 0 Å². The first-order valence-electron chi connectivity index (χ1n) is 11.0. The molecule has 4 aromatic rings. The van der Waals surface area contributed by atoms with Crippen LogP contribution in [0.25, 0.3) is 21.1 Å². The molecule has 0 radical (unpaired) electrons. The summed E-state index contributed by atoms with van der Waals surface area (Å²) < 4.78 is 10.5. The fraction of sp³-hybridized carbons (Fsp3) is 0.231. The molecule has 9 heteroatoms. The lowest BCUT2D eigenvalue weighted by Crippen LogP contribution is -2.27. The Hall–Kier alpha value is -3.43. The number of thiazole rings is 1. The van der Waals surface area contributed by atoms with Crippen LogP contribution in [-0.4, -0.2) is 47.6 Å².